The number of nitrogens with zero attached hydrogens (tertiary/aromatic N) is 2. The quantitative estimate of drug-likeness (QED) is 0.643. The first-order valence-corrected chi connectivity index (χ1v) is 8.01. The van der Waals surface area contributed by atoms with Crippen LogP contribution in [0.5, 0.6) is 0 Å². The van der Waals surface area contributed by atoms with Crippen LogP contribution in [0.4, 0.5) is 8.78 Å². The van der Waals surface area contributed by atoms with Crippen LogP contribution in [-0.2, 0) is 6.54 Å². The molecule has 0 bridgehead atoms. The van der Waals surface area contributed by atoms with E-state index < -0.39 is 6.43 Å². The van der Waals surface area contributed by atoms with Gasteiger partial charge >= 0.3 is 0 Å². The summed E-state index contributed by atoms with van der Waals surface area (Å²) in [7, 11) is 1.73. The highest BCUT2D eigenvalue weighted by Crippen LogP contribution is 2.14. The molecule has 130 valence electrons. The average Bonchev–Trinajstić information content (AvgIpc) is 2.82. The summed E-state index contributed by atoms with van der Waals surface area (Å²) >= 11 is 0. The maximum absolute atomic E-state index is 12.4. The molecule has 0 radical (unpaired) electrons. The maximum atomic E-state index is 12.4. The Morgan fingerprint density at radius 2 is 2.09 bits per heavy atom. The SMILES string of the molecule is CN=C(NCc1cc(C)oc1C)NC1CCN(CC(F)F)CC1. The zero-order valence-corrected chi connectivity index (χ0v) is 14.0. The summed E-state index contributed by atoms with van der Waals surface area (Å²) in [5.74, 6) is 2.54. The highest BCUT2D eigenvalue weighted by molar-refractivity contribution is 5.80. The van der Waals surface area contributed by atoms with Crippen molar-refractivity contribution in [3.05, 3.63) is 23.2 Å². The molecule has 1 saturated heterocycles. The monoisotopic (exact) mass is 328 g/mol. The lowest BCUT2D eigenvalue weighted by Crippen LogP contribution is -2.49. The van der Waals surface area contributed by atoms with Gasteiger partial charge in [0.1, 0.15) is 11.5 Å². The van der Waals surface area contributed by atoms with Crippen molar-refractivity contribution < 1.29 is 13.2 Å². The first-order valence-electron chi connectivity index (χ1n) is 8.01. The molecule has 7 heteroatoms. The van der Waals surface area contributed by atoms with Crippen molar-refractivity contribution in [3.8, 4) is 0 Å². The van der Waals surface area contributed by atoms with Gasteiger partial charge in [-0.25, -0.2) is 8.78 Å². The minimum absolute atomic E-state index is 0.126. The predicted molar refractivity (Wildman–Crippen MR) is 87.0 cm³/mol. The van der Waals surface area contributed by atoms with Crippen LogP contribution in [0.1, 0.15) is 29.9 Å². The van der Waals surface area contributed by atoms with E-state index in [4.69, 9.17) is 4.42 Å². The molecular weight excluding hydrogens is 302 g/mol. The van der Waals surface area contributed by atoms with Crippen molar-refractivity contribution in [1.82, 2.24) is 15.5 Å². The number of furan rings is 1. The lowest BCUT2D eigenvalue weighted by Gasteiger charge is -2.32. The number of alkyl halides is 2. The molecule has 2 rings (SSSR count). The Hall–Kier alpha value is -1.63. The van der Waals surface area contributed by atoms with E-state index in [0.717, 1.165) is 35.9 Å². The van der Waals surface area contributed by atoms with Crippen LogP contribution in [0.3, 0.4) is 0 Å². The van der Waals surface area contributed by atoms with Gasteiger partial charge in [0.25, 0.3) is 6.43 Å². The smallest absolute Gasteiger partial charge is 0.251 e. The number of hydrogen-bond acceptors (Lipinski definition) is 3. The van der Waals surface area contributed by atoms with Crippen LogP contribution >= 0.6 is 0 Å². The molecule has 2 heterocycles. The normalized spacial score (nSPS) is 17.7. The van der Waals surface area contributed by atoms with Gasteiger partial charge < -0.3 is 15.1 Å². The van der Waals surface area contributed by atoms with Crippen LogP contribution in [0.2, 0.25) is 0 Å². The third-order valence-corrected chi connectivity index (χ3v) is 4.14. The molecule has 0 saturated carbocycles. The lowest BCUT2D eigenvalue weighted by molar-refractivity contribution is 0.0744. The Morgan fingerprint density at radius 1 is 1.39 bits per heavy atom. The van der Waals surface area contributed by atoms with Crippen molar-refractivity contribution in [2.45, 2.75) is 45.7 Å². The zero-order valence-electron chi connectivity index (χ0n) is 14.0. The Bertz CT molecular complexity index is 522. The Morgan fingerprint density at radius 3 is 2.61 bits per heavy atom. The van der Waals surface area contributed by atoms with E-state index in [0.29, 0.717) is 19.6 Å². The number of aliphatic imine (C=N–C) groups is 1. The van der Waals surface area contributed by atoms with E-state index >= 15 is 0 Å². The number of piperidine rings is 1. The molecule has 0 aliphatic carbocycles. The Labute approximate surface area is 136 Å². The van der Waals surface area contributed by atoms with Gasteiger partial charge in [-0.3, -0.25) is 9.89 Å². The van der Waals surface area contributed by atoms with Crippen molar-refractivity contribution in [2.24, 2.45) is 4.99 Å². The topological polar surface area (TPSA) is 52.8 Å². The third-order valence-electron chi connectivity index (χ3n) is 4.14. The average molecular weight is 328 g/mol. The standard InChI is InChI=1S/C16H26F2N4O/c1-11-8-13(12(2)23-11)9-20-16(19-3)21-14-4-6-22(7-5-14)10-15(17)18/h8,14-15H,4-7,9-10H2,1-3H3,(H2,19,20,21). The molecule has 0 amide bonds. The fourth-order valence-corrected chi connectivity index (χ4v) is 2.88. The molecule has 23 heavy (non-hydrogen) atoms. The van der Waals surface area contributed by atoms with Gasteiger partial charge in [-0.05, 0) is 32.8 Å². The second-order valence-electron chi connectivity index (χ2n) is 5.97. The summed E-state index contributed by atoms with van der Waals surface area (Å²) < 4.78 is 30.3. The molecule has 0 spiro atoms. The number of hydrogen-bond donors (Lipinski definition) is 2. The first kappa shape index (κ1) is 17.7. The lowest BCUT2D eigenvalue weighted by atomic mass is 10.1. The van der Waals surface area contributed by atoms with Crippen LogP contribution in [0.15, 0.2) is 15.5 Å². The molecule has 2 N–H and O–H groups in total. The first-order chi connectivity index (χ1) is 11.0. The van der Waals surface area contributed by atoms with E-state index in [9.17, 15) is 8.78 Å². The number of aryl methyl sites for hydroxylation is 2. The van der Waals surface area contributed by atoms with Crippen LogP contribution in [0, 0.1) is 13.8 Å². The summed E-state index contributed by atoms with van der Waals surface area (Å²) in [5, 5.41) is 6.65. The summed E-state index contributed by atoms with van der Waals surface area (Å²) in [4.78, 5) is 6.05. The minimum atomic E-state index is -2.25. The van der Waals surface area contributed by atoms with E-state index in [2.05, 4.69) is 15.6 Å². The second-order valence-corrected chi connectivity index (χ2v) is 5.97. The predicted octanol–water partition coefficient (Wildman–Crippen LogP) is 2.29. The van der Waals surface area contributed by atoms with Crippen LogP contribution in [-0.4, -0.2) is 50.0 Å². The third kappa shape index (κ3) is 5.49. The van der Waals surface area contributed by atoms with E-state index in [1.54, 1.807) is 7.05 Å². The van der Waals surface area contributed by atoms with Gasteiger partial charge in [0.15, 0.2) is 5.96 Å². The maximum Gasteiger partial charge on any atom is 0.251 e. The largest absolute Gasteiger partial charge is 0.466 e. The van der Waals surface area contributed by atoms with Gasteiger partial charge in [0.05, 0.1) is 6.54 Å². The molecule has 1 fully saturated rings. The molecule has 1 aliphatic heterocycles. The van der Waals surface area contributed by atoms with Gasteiger partial charge in [-0.1, -0.05) is 0 Å². The number of nitrogens with one attached hydrogen (secondary N) is 2. The van der Waals surface area contributed by atoms with E-state index in [-0.39, 0.29) is 12.6 Å². The number of guanidine groups is 1. The number of halogens is 2. The summed E-state index contributed by atoms with van der Waals surface area (Å²) in [6.07, 6.45) is -0.565. The number of likely N-dealkylation sites (tertiary alicyclic amines) is 1. The molecule has 1 aromatic rings. The number of rotatable bonds is 5. The summed E-state index contributed by atoms with van der Waals surface area (Å²) in [6, 6.07) is 2.28. The Kier molecular flexibility index (Phi) is 6.38. The van der Waals surface area contributed by atoms with Crippen molar-refractivity contribution >= 4 is 5.96 Å². The Balaban J connectivity index is 1.76. The summed E-state index contributed by atoms with van der Waals surface area (Å²) in [5.41, 5.74) is 1.11. The molecule has 1 aromatic heterocycles. The van der Waals surface area contributed by atoms with E-state index in [1.165, 1.54) is 0 Å². The van der Waals surface area contributed by atoms with Crippen molar-refractivity contribution in [2.75, 3.05) is 26.7 Å². The molecule has 5 nitrogen and oxygen atoms in total. The van der Waals surface area contributed by atoms with Gasteiger partial charge in [-0.2, -0.15) is 0 Å². The molecule has 0 atom stereocenters. The fraction of sp³-hybridized carbons (Fsp3) is 0.688. The summed E-state index contributed by atoms with van der Waals surface area (Å²) in [6.45, 7) is 5.78. The fourth-order valence-electron chi connectivity index (χ4n) is 2.88. The van der Waals surface area contributed by atoms with E-state index in [1.807, 2.05) is 24.8 Å². The van der Waals surface area contributed by atoms with Gasteiger partial charge in [-0.15, -0.1) is 0 Å². The molecule has 0 unspecified atom stereocenters. The molecular formula is C16H26F2N4O. The molecule has 1 aliphatic rings. The van der Waals surface area contributed by atoms with Gasteiger partial charge in [0, 0.05) is 38.3 Å². The van der Waals surface area contributed by atoms with Crippen LogP contribution in [0.25, 0.3) is 0 Å². The van der Waals surface area contributed by atoms with Crippen molar-refractivity contribution in [1.29, 1.82) is 0 Å². The molecule has 0 aromatic carbocycles. The second kappa shape index (κ2) is 8.29. The highest BCUT2D eigenvalue weighted by Gasteiger charge is 2.22. The zero-order chi connectivity index (χ0) is 16.8. The minimum Gasteiger partial charge on any atom is -0.466 e. The van der Waals surface area contributed by atoms with Gasteiger partial charge in [0.2, 0.25) is 0 Å². The van der Waals surface area contributed by atoms with Crippen LogP contribution < -0.4 is 10.6 Å². The van der Waals surface area contributed by atoms with Crippen molar-refractivity contribution in [3.63, 3.8) is 0 Å². The highest BCUT2D eigenvalue weighted by atomic mass is 19.3.